The molecule has 0 aromatic heterocycles. The molecule has 1 aliphatic rings. The van der Waals surface area contributed by atoms with Crippen LogP contribution >= 0.6 is 0 Å². The molecule has 0 spiro atoms. The van der Waals surface area contributed by atoms with E-state index < -0.39 is 0 Å². The normalized spacial score (nSPS) is 11.9. The van der Waals surface area contributed by atoms with Crippen LogP contribution in [0.1, 0.15) is 15.9 Å². The molecule has 1 amide bonds. The number of nitrogens with one attached hydrogen (secondary N) is 1. The fourth-order valence-electron chi connectivity index (χ4n) is 2.38. The molecule has 0 radical (unpaired) electrons. The summed E-state index contributed by atoms with van der Waals surface area (Å²) in [4.78, 5) is 23.8. The molecule has 0 bridgehead atoms. The van der Waals surface area contributed by atoms with Gasteiger partial charge in [0.15, 0.2) is 5.78 Å². The molecular weight excluding hydrogens is 240 g/mol. The first-order chi connectivity index (χ1) is 9.22. The maximum Gasteiger partial charge on any atom is 0.238 e. The van der Waals surface area contributed by atoms with Crippen molar-refractivity contribution in [1.82, 2.24) is 0 Å². The van der Waals surface area contributed by atoms with E-state index in [9.17, 15) is 9.59 Å². The van der Waals surface area contributed by atoms with Crippen molar-refractivity contribution in [1.29, 1.82) is 0 Å². The average Bonchev–Trinajstić information content (AvgIpc) is 2.74. The lowest BCUT2D eigenvalue weighted by Gasteiger charge is -2.08. The van der Waals surface area contributed by atoms with Crippen molar-refractivity contribution >= 4 is 17.4 Å². The molecular formula is C15H12N2O2. The molecule has 2 aromatic carbocycles. The van der Waals surface area contributed by atoms with Gasteiger partial charge < -0.3 is 11.1 Å². The van der Waals surface area contributed by atoms with E-state index in [1.165, 1.54) is 0 Å². The molecule has 0 fully saturated rings. The van der Waals surface area contributed by atoms with Gasteiger partial charge in [-0.3, -0.25) is 9.59 Å². The number of hydrogen-bond donors (Lipinski definition) is 2. The molecule has 19 heavy (non-hydrogen) atoms. The monoisotopic (exact) mass is 252 g/mol. The third kappa shape index (κ3) is 1.73. The first-order valence-corrected chi connectivity index (χ1v) is 5.99. The van der Waals surface area contributed by atoms with Crippen LogP contribution in [-0.4, -0.2) is 18.2 Å². The number of nitrogens with two attached hydrogens (primary N) is 1. The third-order valence-corrected chi connectivity index (χ3v) is 3.21. The van der Waals surface area contributed by atoms with Crippen molar-refractivity contribution in [3.8, 4) is 11.1 Å². The minimum atomic E-state index is -0.308. The lowest BCUT2D eigenvalue weighted by molar-refractivity contribution is -0.114. The first-order valence-electron chi connectivity index (χ1n) is 5.99. The van der Waals surface area contributed by atoms with Crippen LogP contribution in [0.5, 0.6) is 0 Å². The van der Waals surface area contributed by atoms with Crippen LogP contribution in [-0.2, 0) is 4.79 Å². The number of anilines is 1. The lowest BCUT2D eigenvalue weighted by atomic mass is 10.0. The van der Waals surface area contributed by atoms with Crippen LogP contribution < -0.4 is 11.1 Å². The standard InChI is InChI=1S/C15H12N2O2/c16-8-13(18)17-12-7-3-6-10-9-4-1-2-5-11(9)15(19)14(10)12/h1-7H,8,16H2,(H,17,18). The summed E-state index contributed by atoms with van der Waals surface area (Å²) in [6, 6.07) is 12.9. The topological polar surface area (TPSA) is 72.2 Å². The van der Waals surface area contributed by atoms with Crippen molar-refractivity contribution in [3.05, 3.63) is 53.6 Å². The number of hydrogen-bond acceptors (Lipinski definition) is 3. The largest absolute Gasteiger partial charge is 0.324 e. The number of amides is 1. The fourth-order valence-corrected chi connectivity index (χ4v) is 2.38. The Morgan fingerprint density at radius 2 is 1.68 bits per heavy atom. The highest BCUT2D eigenvalue weighted by atomic mass is 16.2. The van der Waals surface area contributed by atoms with E-state index in [1.54, 1.807) is 12.1 Å². The van der Waals surface area contributed by atoms with E-state index in [2.05, 4.69) is 5.32 Å². The molecule has 4 heteroatoms. The van der Waals surface area contributed by atoms with Gasteiger partial charge in [-0.15, -0.1) is 0 Å². The van der Waals surface area contributed by atoms with Crippen LogP contribution in [0.4, 0.5) is 5.69 Å². The summed E-state index contributed by atoms with van der Waals surface area (Å²) in [5.41, 5.74) is 8.79. The second kappa shape index (κ2) is 4.33. The second-order valence-electron chi connectivity index (χ2n) is 4.36. The number of ketones is 1. The van der Waals surface area contributed by atoms with Crippen molar-refractivity contribution in [2.45, 2.75) is 0 Å². The molecule has 0 heterocycles. The SMILES string of the molecule is NCC(=O)Nc1cccc2c1C(=O)c1ccccc1-2. The molecule has 0 aliphatic heterocycles. The Kier molecular flexibility index (Phi) is 2.65. The van der Waals surface area contributed by atoms with Crippen LogP contribution in [0.2, 0.25) is 0 Å². The number of carbonyl (C=O) groups is 2. The maximum absolute atomic E-state index is 12.4. The highest BCUT2D eigenvalue weighted by Crippen LogP contribution is 2.39. The van der Waals surface area contributed by atoms with Crippen LogP contribution in [0.3, 0.4) is 0 Å². The summed E-state index contributed by atoms with van der Waals surface area (Å²) in [5, 5.41) is 2.67. The van der Waals surface area contributed by atoms with Gasteiger partial charge in [0, 0.05) is 5.56 Å². The molecule has 2 aromatic rings. The Bertz CT molecular complexity index is 692. The molecule has 3 N–H and O–H groups in total. The third-order valence-electron chi connectivity index (χ3n) is 3.21. The Morgan fingerprint density at radius 3 is 2.42 bits per heavy atom. The number of rotatable bonds is 2. The van der Waals surface area contributed by atoms with Gasteiger partial charge in [-0.25, -0.2) is 0 Å². The molecule has 94 valence electrons. The van der Waals surface area contributed by atoms with Gasteiger partial charge in [-0.2, -0.15) is 0 Å². The Balaban J connectivity index is 2.16. The second-order valence-corrected chi connectivity index (χ2v) is 4.36. The van der Waals surface area contributed by atoms with Gasteiger partial charge >= 0.3 is 0 Å². The zero-order chi connectivity index (χ0) is 13.4. The summed E-state index contributed by atoms with van der Waals surface area (Å²) in [5.74, 6) is -0.365. The highest BCUT2D eigenvalue weighted by Gasteiger charge is 2.28. The summed E-state index contributed by atoms with van der Waals surface area (Å²) in [6.07, 6.45) is 0. The summed E-state index contributed by atoms with van der Waals surface area (Å²) < 4.78 is 0. The average molecular weight is 252 g/mol. The summed E-state index contributed by atoms with van der Waals surface area (Å²) in [7, 11) is 0. The highest BCUT2D eigenvalue weighted by molar-refractivity contribution is 6.25. The number of benzene rings is 2. The van der Waals surface area contributed by atoms with Crippen LogP contribution in [0.25, 0.3) is 11.1 Å². The molecule has 0 saturated heterocycles. The Morgan fingerprint density at radius 1 is 1.00 bits per heavy atom. The predicted molar refractivity (Wildman–Crippen MR) is 73.0 cm³/mol. The first kappa shape index (κ1) is 11.6. The minimum Gasteiger partial charge on any atom is -0.324 e. The maximum atomic E-state index is 12.4. The fraction of sp³-hybridized carbons (Fsp3) is 0.0667. The van der Waals surface area contributed by atoms with Gasteiger partial charge in [0.2, 0.25) is 5.91 Å². The van der Waals surface area contributed by atoms with Gasteiger partial charge in [-0.05, 0) is 17.2 Å². The summed E-state index contributed by atoms with van der Waals surface area (Å²) in [6.45, 7) is -0.106. The Hall–Kier alpha value is -2.46. The zero-order valence-corrected chi connectivity index (χ0v) is 10.1. The van der Waals surface area contributed by atoms with Crippen LogP contribution in [0.15, 0.2) is 42.5 Å². The van der Waals surface area contributed by atoms with Gasteiger partial charge in [0.25, 0.3) is 0 Å². The van der Waals surface area contributed by atoms with Crippen molar-refractivity contribution in [2.75, 3.05) is 11.9 Å². The zero-order valence-electron chi connectivity index (χ0n) is 10.1. The van der Waals surface area contributed by atoms with E-state index in [0.29, 0.717) is 16.8 Å². The van der Waals surface area contributed by atoms with Gasteiger partial charge in [-0.1, -0.05) is 36.4 Å². The van der Waals surface area contributed by atoms with Crippen molar-refractivity contribution in [2.24, 2.45) is 5.73 Å². The predicted octanol–water partition coefficient (Wildman–Crippen LogP) is 1.80. The van der Waals surface area contributed by atoms with E-state index in [4.69, 9.17) is 5.73 Å². The molecule has 0 atom stereocenters. The minimum absolute atomic E-state index is 0.0569. The van der Waals surface area contributed by atoms with E-state index in [1.807, 2.05) is 30.3 Å². The van der Waals surface area contributed by atoms with Crippen molar-refractivity contribution < 1.29 is 9.59 Å². The van der Waals surface area contributed by atoms with Gasteiger partial charge in [0.05, 0.1) is 17.8 Å². The summed E-state index contributed by atoms with van der Waals surface area (Å²) >= 11 is 0. The van der Waals surface area contributed by atoms with E-state index >= 15 is 0 Å². The van der Waals surface area contributed by atoms with E-state index in [-0.39, 0.29) is 18.2 Å². The van der Waals surface area contributed by atoms with Gasteiger partial charge in [0.1, 0.15) is 0 Å². The molecule has 4 nitrogen and oxygen atoms in total. The number of carbonyl (C=O) groups excluding carboxylic acids is 2. The van der Waals surface area contributed by atoms with Crippen molar-refractivity contribution in [3.63, 3.8) is 0 Å². The Labute approximate surface area is 110 Å². The molecule has 0 unspecified atom stereocenters. The van der Waals surface area contributed by atoms with Crippen LogP contribution in [0, 0.1) is 0 Å². The number of fused-ring (bicyclic) bond motifs is 3. The van der Waals surface area contributed by atoms with E-state index in [0.717, 1.165) is 11.1 Å². The smallest absolute Gasteiger partial charge is 0.238 e. The molecule has 1 aliphatic carbocycles. The quantitative estimate of drug-likeness (QED) is 0.730. The molecule has 3 rings (SSSR count). The molecule has 0 saturated carbocycles. The lowest BCUT2D eigenvalue weighted by Crippen LogP contribution is -2.22.